The monoisotopic (exact) mass is 960 g/mol. The van der Waals surface area contributed by atoms with Crippen LogP contribution < -0.4 is 46.7 Å². The quantitative estimate of drug-likeness (QED) is 0.0506. The molecule has 0 unspecified atom stereocenters. The van der Waals surface area contributed by atoms with Crippen molar-refractivity contribution in [2.45, 2.75) is 66.2 Å². The zero-order valence-corrected chi connectivity index (χ0v) is 41.1. The van der Waals surface area contributed by atoms with Gasteiger partial charge in [0.2, 0.25) is 23.7 Å². The molecule has 0 saturated heterocycles. The van der Waals surface area contributed by atoms with Crippen LogP contribution in [0.15, 0.2) is 111 Å². The Kier molecular flexibility index (Phi) is 16.1. The fourth-order valence-electron chi connectivity index (χ4n) is 7.62. The van der Waals surface area contributed by atoms with Crippen LogP contribution in [0.1, 0.15) is 54.2 Å². The van der Waals surface area contributed by atoms with E-state index in [4.69, 9.17) is 14.2 Å². The molecule has 6 aromatic rings. The summed E-state index contributed by atoms with van der Waals surface area (Å²) in [5.74, 6) is 2.95. The van der Waals surface area contributed by atoms with Crippen LogP contribution in [0.25, 0.3) is 0 Å². The van der Waals surface area contributed by atoms with Crippen LogP contribution >= 0.6 is 0 Å². The number of fused-ring (bicyclic) bond motifs is 2. The second kappa shape index (κ2) is 22.7. The molecular formula is C53H60N12O6. The fourth-order valence-corrected chi connectivity index (χ4v) is 7.62. The number of nitrogens with zero attached hydrogens (tertiary/aromatic N) is 5. The molecule has 3 amide bonds. The molecule has 4 heterocycles. The van der Waals surface area contributed by atoms with E-state index in [1.165, 1.54) is 23.3 Å². The molecule has 0 spiro atoms. The smallest absolute Gasteiger partial charge is 0.410 e. The minimum atomic E-state index is -0.547. The SMILES string of the molecule is C=CC(=O)Nc1cccc(Nc2nc(Nc3cc4c(cc3OC)CN(C(=O)OC(C)(C)C)CC4)ncc2C)c1.C=CC(=O)Nc1cccc(Nc2nc(Nc3cc4c(cc3OC)CNCC4)ncc2C)c1. The van der Waals surface area contributed by atoms with E-state index in [2.05, 4.69) is 82.4 Å². The summed E-state index contributed by atoms with van der Waals surface area (Å²) in [4.78, 5) is 55.7. The number of aryl methyl sites for hydroxylation is 2. The van der Waals surface area contributed by atoms with Gasteiger partial charge < -0.3 is 56.3 Å². The number of amides is 3. The van der Waals surface area contributed by atoms with E-state index in [1.54, 1.807) is 37.6 Å². The number of hydrogen-bond acceptors (Lipinski definition) is 15. The molecule has 18 heteroatoms. The molecule has 2 aromatic heterocycles. The normalized spacial score (nSPS) is 12.6. The van der Waals surface area contributed by atoms with Crippen LogP contribution in [0.4, 0.5) is 62.5 Å². The van der Waals surface area contributed by atoms with Gasteiger partial charge in [0, 0.05) is 65.9 Å². The second-order valence-electron chi connectivity index (χ2n) is 17.7. The third-order valence-electron chi connectivity index (χ3n) is 11.2. The van der Waals surface area contributed by atoms with E-state index in [1.807, 2.05) is 89.2 Å². The van der Waals surface area contributed by atoms with Crippen molar-refractivity contribution in [3.05, 3.63) is 144 Å². The number of anilines is 10. The number of hydrogen-bond donors (Lipinski definition) is 7. The molecule has 0 saturated carbocycles. The Morgan fingerprint density at radius 2 is 1.15 bits per heavy atom. The zero-order valence-electron chi connectivity index (χ0n) is 41.1. The van der Waals surface area contributed by atoms with Gasteiger partial charge >= 0.3 is 6.09 Å². The van der Waals surface area contributed by atoms with Crippen molar-refractivity contribution in [2.75, 3.05) is 59.2 Å². The highest BCUT2D eigenvalue weighted by atomic mass is 16.6. The summed E-state index contributed by atoms with van der Waals surface area (Å²) in [6.07, 6.45) is 7.27. The molecule has 18 nitrogen and oxygen atoms in total. The molecule has 0 radical (unpaired) electrons. The minimum absolute atomic E-state index is 0.262. The van der Waals surface area contributed by atoms with Crippen molar-refractivity contribution >= 4 is 75.6 Å². The third kappa shape index (κ3) is 13.6. The summed E-state index contributed by atoms with van der Waals surface area (Å²) in [5, 5.41) is 22.0. The van der Waals surface area contributed by atoms with Gasteiger partial charge in [-0.1, -0.05) is 25.3 Å². The van der Waals surface area contributed by atoms with Crippen molar-refractivity contribution in [1.29, 1.82) is 0 Å². The first kappa shape index (κ1) is 50.4. The highest BCUT2D eigenvalue weighted by Gasteiger charge is 2.27. The number of nitrogens with one attached hydrogen (secondary N) is 7. The van der Waals surface area contributed by atoms with Crippen LogP contribution in [-0.4, -0.2) is 75.7 Å². The molecule has 2 aliphatic heterocycles. The molecule has 8 rings (SSSR count). The van der Waals surface area contributed by atoms with Crippen LogP contribution in [0.5, 0.6) is 11.5 Å². The predicted octanol–water partition coefficient (Wildman–Crippen LogP) is 9.75. The summed E-state index contributed by atoms with van der Waals surface area (Å²) >= 11 is 0. The summed E-state index contributed by atoms with van der Waals surface area (Å²) in [7, 11) is 3.26. The van der Waals surface area contributed by atoms with E-state index in [9.17, 15) is 14.4 Å². The maximum absolute atomic E-state index is 12.6. The first-order chi connectivity index (χ1) is 34.1. The number of ether oxygens (including phenoxy) is 3. The van der Waals surface area contributed by atoms with Crippen LogP contribution in [0, 0.1) is 13.8 Å². The predicted molar refractivity (Wildman–Crippen MR) is 279 cm³/mol. The van der Waals surface area contributed by atoms with Gasteiger partial charge in [-0.2, -0.15) is 9.97 Å². The average molecular weight is 961 g/mol. The molecule has 0 bridgehead atoms. The van der Waals surface area contributed by atoms with Crippen LogP contribution in [0.2, 0.25) is 0 Å². The molecule has 4 aromatic carbocycles. The zero-order chi connectivity index (χ0) is 50.7. The van der Waals surface area contributed by atoms with Gasteiger partial charge in [-0.15, -0.1) is 0 Å². The lowest BCUT2D eigenvalue weighted by Gasteiger charge is -2.31. The maximum Gasteiger partial charge on any atom is 0.410 e. The number of benzene rings is 4. The van der Waals surface area contributed by atoms with Crippen molar-refractivity contribution in [1.82, 2.24) is 30.2 Å². The van der Waals surface area contributed by atoms with Gasteiger partial charge in [0.1, 0.15) is 28.7 Å². The van der Waals surface area contributed by atoms with Gasteiger partial charge in [-0.05, 0) is 149 Å². The molecule has 368 valence electrons. The lowest BCUT2D eigenvalue weighted by Crippen LogP contribution is -2.39. The van der Waals surface area contributed by atoms with Gasteiger partial charge in [-0.25, -0.2) is 14.8 Å². The van der Waals surface area contributed by atoms with Crippen molar-refractivity contribution in [3.63, 3.8) is 0 Å². The number of carbonyl (C=O) groups is 3. The van der Waals surface area contributed by atoms with Gasteiger partial charge in [0.25, 0.3) is 0 Å². The maximum atomic E-state index is 12.6. The van der Waals surface area contributed by atoms with Crippen LogP contribution in [0.3, 0.4) is 0 Å². The van der Waals surface area contributed by atoms with E-state index in [0.717, 1.165) is 70.3 Å². The summed E-state index contributed by atoms with van der Waals surface area (Å²) in [6.45, 7) is 19.2. The highest BCUT2D eigenvalue weighted by Crippen LogP contribution is 2.35. The Balaban J connectivity index is 0.000000213. The number of methoxy groups -OCH3 is 2. The van der Waals surface area contributed by atoms with Gasteiger partial charge in [0.15, 0.2) is 0 Å². The molecular weight excluding hydrogens is 901 g/mol. The largest absolute Gasteiger partial charge is 0.495 e. The molecule has 2 aliphatic rings. The van der Waals surface area contributed by atoms with Crippen LogP contribution in [-0.2, 0) is 40.3 Å². The highest BCUT2D eigenvalue weighted by molar-refractivity contribution is 5.99. The van der Waals surface area contributed by atoms with Crippen molar-refractivity contribution in [3.8, 4) is 11.5 Å². The van der Waals surface area contributed by atoms with E-state index in [-0.39, 0.29) is 17.9 Å². The van der Waals surface area contributed by atoms with E-state index < -0.39 is 5.60 Å². The topological polar surface area (TPSA) is 218 Å². The number of rotatable bonds is 14. The fraction of sp³-hybridized carbons (Fsp3) is 0.264. The molecule has 71 heavy (non-hydrogen) atoms. The molecule has 0 atom stereocenters. The summed E-state index contributed by atoms with van der Waals surface area (Å²) < 4.78 is 16.8. The third-order valence-corrected chi connectivity index (χ3v) is 11.2. The lowest BCUT2D eigenvalue weighted by atomic mass is 9.98. The number of carbonyl (C=O) groups excluding carboxylic acids is 3. The standard InChI is InChI=1S/C29H34N6O4.C24H26N6O2/c1-7-25(36)31-21-9-8-10-22(15-21)32-26-18(2)16-30-27(34-26)33-23-13-19-11-12-35(28(37)39-29(3,4)5)17-20(19)14-24(23)38-6;1-4-22(31)27-18-6-5-7-19(12-18)28-23-15(2)13-26-24(30-23)29-20-10-16-8-9-25-14-17(16)11-21(20)32-3/h7-10,13-16H,1,11-12,17H2,2-6H3,(H,31,36)(H2,30,32,33,34);4-7,10-13,25H,1,8-9,14H2,2-3H3,(H,27,31)(H2,26,28,29,30). The first-order valence-corrected chi connectivity index (χ1v) is 23.0. The summed E-state index contributed by atoms with van der Waals surface area (Å²) in [5.41, 5.74) is 10.2. The summed E-state index contributed by atoms with van der Waals surface area (Å²) in [6, 6.07) is 22.8. The molecule has 0 fully saturated rings. The second-order valence-corrected chi connectivity index (χ2v) is 17.7. The Bertz CT molecular complexity index is 2950. The average Bonchev–Trinajstić information content (AvgIpc) is 3.35. The Hall–Kier alpha value is -8.51. The lowest BCUT2D eigenvalue weighted by molar-refractivity contribution is -0.112. The van der Waals surface area contributed by atoms with Crippen molar-refractivity contribution < 1.29 is 28.6 Å². The number of aromatic nitrogens is 4. The Labute approximate surface area is 413 Å². The van der Waals surface area contributed by atoms with E-state index in [0.29, 0.717) is 60.2 Å². The first-order valence-electron chi connectivity index (χ1n) is 23.0. The Morgan fingerprint density at radius 1 is 0.662 bits per heavy atom. The minimum Gasteiger partial charge on any atom is -0.495 e. The Morgan fingerprint density at radius 3 is 1.65 bits per heavy atom. The molecule has 7 N–H and O–H groups in total. The van der Waals surface area contributed by atoms with Crippen molar-refractivity contribution in [2.24, 2.45) is 0 Å². The molecule has 0 aliphatic carbocycles. The van der Waals surface area contributed by atoms with Gasteiger partial charge in [-0.3, -0.25) is 9.59 Å². The van der Waals surface area contributed by atoms with Gasteiger partial charge in [0.05, 0.1) is 25.6 Å². The van der Waals surface area contributed by atoms with E-state index >= 15 is 0 Å².